The van der Waals surface area contributed by atoms with Crippen LogP contribution in [-0.2, 0) is 4.74 Å². The summed E-state index contributed by atoms with van der Waals surface area (Å²) in [5.41, 5.74) is -4.93. The number of hydrogen-bond acceptors (Lipinski definition) is 5. The predicted molar refractivity (Wildman–Crippen MR) is 112 cm³/mol. The van der Waals surface area contributed by atoms with Crippen molar-refractivity contribution in [1.82, 2.24) is 4.98 Å². The van der Waals surface area contributed by atoms with Crippen LogP contribution in [0.2, 0.25) is 5.02 Å². The number of hydrogen-bond donors (Lipinski definition) is 3. The molecule has 0 radical (unpaired) electrons. The van der Waals surface area contributed by atoms with E-state index in [1.54, 1.807) is 0 Å². The minimum Gasteiger partial charge on any atom is -0.494 e. The van der Waals surface area contributed by atoms with Gasteiger partial charge in [0.25, 0.3) is 0 Å². The molecule has 0 amide bonds. The van der Waals surface area contributed by atoms with E-state index in [1.807, 2.05) is 0 Å². The van der Waals surface area contributed by atoms with E-state index in [0.717, 1.165) is 44.6 Å². The molecule has 33 heavy (non-hydrogen) atoms. The van der Waals surface area contributed by atoms with Gasteiger partial charge in [-0.25, -0.2) is 8.78 Å². The van der Waals surface area contributed by atoms with Crippen LogP contribution in [-0.4, -0.2) is 42.7 Å². The molecule has 2 aromatic carbocycles. The molecule has 0 saturated carbocycles. The summed E-state index contributed by atoms with van der Waals surface area (Å²) in [4.78, 5) is 14.0. The maximum atomic E-state index is 14.6. The van der Waals surface area contributed by atoms with Gasteiger partial charge in [0.2, 0.25) is 11.2 Å². The normalized spacial score (nSPS) is 14.7. The van der Waals surface area contributed by atoms with Crippen LogP contribution in [0.25, 0.3) is 10.9 Å². The van der Waals surface area contributed by atoms with Crippen molar-refractivity contribution in [3.05, 3.63) is 69.0 Å². The van der Waals surface area contributed by atoms with Gasteiger partial charge in [0, 0.05) is 24.2 Å². The average molecular weight is 493 g/mol. The number of halogens is 6. The standard InChI is InChI=1S/C21H18ClF5N2O4/c1-32-9-20(31,21(25,26)27)19(12-3-5-15(33-2)18(24)17(12)22)29-14-8-10(23)7-13-11(14)4-6-16(30)28-13/h3-8,19,29,31H,9H2,1-2H3,(H,28,30)/t19-,20+/m0/s1. The number of anilines is 1. The van der Waals surface area contributed by atoms with Crippen molar-refractivity contribution in [3.63, 3.8) is 0 Å². The second-order valence-electron chi connectivity index (χ2n) is 7.15. The molecule has 0 fully saturated rings. The van der Waals surface area contributed by atoms with E-state index in [0.29, 0.717) is 0 Å². The third kappa shape index (κ3) is 4.61. The summed E-state index contributed by atoms with van der Waals surface area (Å²) in [6, 6.07) is 4.10. The van der Waals surface area contributed by atoms with E-state index in [-0.39, 0.29) is 22.3 Å². The Labute approximate surface area is 188 Å². The molecule has 3 N–H and O–H groups in total. The number of aromatic nitrogens is 1. The van der Waals surface area contributed by atoms with E-state index in [2.05, 4.69) is 15.0 Å². The topological polar surface area (TPSA) is 83.6 Å². The molecule has 0 aliphatic rings. The number of aromatic amines is 1. The minimum atomic E-state index is -5.29. The SMILES string of the molecule is COC[C@@](O)([C@@H](Nc1cc(F)cc2[nH]c(=O)ccc12)c1ccc(OC)c(F)c1Cl)C(F)(F)F. The van der Waals surface area contributed by atoms with Crippen molar-refractivity contribution >= 4 is 28.2 Å². The van der Waals surface area contributed by atoms with Crippen LogP contribution < -0.4 is 15.6 Å². The summed E-state index contributed by atoms with van der Waals surface area (Å²) in [5.74, 6) is -2.38. The van der Waals surface area contributed by atoms with Gasteiger partial charge in [-0.05, 0) is 29.8 Å². The molecule has 0 spiro atoms. The van der Waals surface area contributed by atoms with Gasteiger partial charge in [0.15, 0.2) is 11.6 Å². The van der Waals surface area contributed by atoms with Gasteiger partial charge in [-0.1, -0.05) is 17.7 Å². The van der Waals surface area contributed by atoms with Gasteiger partial charge in [-0.15, -0.1) is 0 Å². The number of methoxy groups -OCH3 is 2. The number of fused-ring (bicyclic) bond motifs is 1. The first-order chi connectivity index (χ1) is 15.4. The largest absolute Gasteiger partial charge is 0.494 e. The highest BCUT2D eigenvalue weighted by atomic mass is 35.5. The lowest BCUT2D eigenvalue weighted by Crippen LogP contribution is -2.56. The molecule has 3 rings (SSSR count). The number of aliphatic hydroxyl groups is 1. The molecule has 6 nitrogen and oxygen atoms in total. The first-order valence-corrected chi connectivity index (χ1v) is 9.69. The molecule has 12 heteroatoms. The Morgan fingerprint density at radius 3 is 2.45 bits per heavy atom. The third-order valence-corrected chi connectivity index (χ3v) is 5.43. The number of rotatable bonds is 7. The number of alkyl halides is 3. The molecule has 3 aromatic rings. The van der Waals surface area contributed by atoms with Crippen LogP contribution in [0.15, 0.2) is 41.2 Å². The minimum absolute atomic E-state index is 0.0157. The first kappa shape index (κ1) is 24.7. The van der Waals surface area contributed by atoms with Crippen LogP contribution in [0, 0.1) is 11.6 Å². The van der Waals surface area contributed by atoms with Gasteiger partial charge in [-0.2, -0.15) is 13.2 Å². The number of nitrogens with one attached hydrogen (secondary N) is 2. The maximum absolute atomic E-state index is 14.6. The van der Waals surface area contributed by atoms with Gasteiger partial charge >= 0.3 is 6.18 Å². The lowest BCUT2D eigenvalue weighted by molar-refractivity contribution is -0.279. The number of H-pyrrole nitrogens is 1. The molecular weight excluding hydrogens is 475 g/mol. The highest BCUT2D eigenvalue weighted by molar-refractivity contribution is 6.31. The van der Waals surface area contributed by atoms with E-state index < -0.39 is 52.2 Å². The summed E-state index contributed by atoms with van der Waals surface area (Å²) in [6.07, 6.45) is -5.29. The zero-order valence-corrected chi connectivity index (χ0v) is 17.9. The van der Waals surface area contributed by atoms with Crippen LogP contribution in [0.5, 0.6) is 5.75 Å². The Balaban J connectivity index is 2.29. The fourth-order valence-electron chi connectivity index (χ4n) is 3.44. The molecule has 2 atom stereocenters. The average Bonchev–Trinajstić information content (AvgIpc) is 2.73. The van der Waals surface area contributed by atoms with E-state index in [9.17, 15) is 31.9 Å². The van der Waals surface area contributed by atoms with Gasteiger partial charge in [-0.3, -0.25) is 4.79 Å². The van der Waals surface area contributed by atoms with E-state index >= 15 is 0 Å². The molecule has 1 heterocycles. The lowest BCUT2D eigenvalue weighted by atomic mass is 9.87. The lowest BCUT2D eigenvalue weighted by Gasteiger charge is -2.38. The van der Waals surface area contributed by atoms with Crippen molar-refractivity contribution in [2.45, 2.75) is 17.8 Å². The Morgan fingerprint density at radius 1 is 1.15 bits per heavy atom. The molecule has 0 aliphatic carbocycles. The van der Waals surface area contributed by atoms with Crippen LogP contribution in [0.1, 0.15) is 11.6 Å². The monoisotopic (exact) mass is 492 g/mol. The smallest absolute Gasteiger partial charge is 0.421 e. The molecule has 0 unspecified atom stereocenters. The summed E-state index contributed by atoms with van der Waals surface area (Å²) in [7, 11) is 2.08. The highest BCUT2D eigenvalue weighted by Crippen LogP contribution is 2.46. The molecule has 0 aliphatic heterocycles. The molecular formula is C21H18ClF5N2O4. The van der Waals surface area contributed by atoms with Gasteiger partial charge in [0.05, 0.1) is 30.3 Å². The summed E-state index contributed by atoms with van der Waals surface area (Å²) >= 11 is 6.03. The van der Waals surface area contributed by atoms with Gasteiger partial charge < -0.3 is 24.9 Å². The Hall–Kier alpha value is -2.89. The first-order valence-electron chi connectivity index (χ1n) is 9.32. The molecule has 178 valence electrons. The van der Waals surface area contributed by atoms with Crippen molar-refractivity contribution in [1.29, 1.82) is 0 Å². The van der Waals surface area contributed by atoms with Crippen molar-refractivity contribution in [2.75, 3.05) is 26.1 Å². The zero-order chi connectivity index (χ0) is 24.6. The maximum Gasteiger partial charge on any atom is 0.421 e. The fraction of sp³-hybridized carbons (Fsp3) is 0.286. The van der Waals surface area contributed by atoms with Crippen LogP contribution >= 0.6 is 11.6 Å². The number of ether oxygens (including phenoxy) is 2. The predicted octanol–water partition coefficient (Wildman–Crippen LogP) is 4.56. The summed E-state index contributed by atoms with van der Waals surface area (Å²) in [5, 5.41) is 12.6. The summed E-state index contributed by atoms with van der Waals surface area (Å²) in [6.45, 7) is -1.26. The second-order valence-corrected chi connectivity index (χ2v) is 7.53. The third-order valence-electron chi connectivity index (χ3n) is 5.04. The number of benzene rings is 2. The van der Waals surface area contributed by atoms with Crippen molar-refractivity contribution in [3.8, 4) is 5.75 Å². The van der Waals surface area contributed by atoms with Gasteiger partial charge in [0.1, 0.15) is 5.82 Å². The van der Waals surface area contributed by atoms with Crippen molar-refractivity contribution in [2.24, 2.45) is 0 Å². The Bertz CT molecular complexity index is 1230. The molecule has 0 saturated heterocycles. The van der Waals surface area contributed by atoms with E-state index in [1.165, 1.54) is 6.07 Å². The van der Waals surface area contributed by atoms with Crippen molar-refractivity contribution < 1.29 is 36.5 Å². The fourth-order valence-corrected chi connectivity index (χ4v) is 3.71. The van der Waals surface area contributed by atoms with E-state index in [4.69, 9.17) is 16.3 Å². The zero-order valence-electron chi connectivity index (χ0n) is 17.2. The quantitative estimate of drug-likeness (QED) is 0.421. The Morgan fingerprint density at radius 2 is 1.85 bits per heavy atom. The highest BCUT2D eigenvalue weighted by Gasteiger charge is 2.60. The molecule has 1 aromatic heterocycles. The Kier molecular flexibility index (Phi) is 6.87. The summed E-state index contributed by atoms with van der Waals surface area (Å²) < 4.78 is 80.6. The van der Waals surface area contributed by atoms with Crippen LogP contribution in [0.4, 0.5) is 27.6 Å². The van der Waals surface area contributed by atoms with Crippen LogP contribution in [0.3, 0.4) is 0 Å². The second kappa shape index (κ2) is 9.16. The number of pyridine rings is 1. The molecule has 0 bridgehead atoms.